The Morgan fingerprint density at radius 1 is 1.10 bits per heavy atom. The summed E-state index contributed by atoms with van der Waals surface area (Å²) in [5.74, 6) is -0.511. The molecule has 3 aromatic rings. The van der Waals surface area contributed by atoms with Gasteiger partial charge in [0.2, 0.25) is 0 Å². The third kappa shape index (κ3) is 4.44. The first-order valence-corrected chi connectivity index (χ1v) is 10.8. The summed E-state index contributed by atoms with van der Waals surface area (Å²) in [5.41, 5.74) is 4.63. The van der Waals surface area contributed by atoms with Crippen molar-refractivity contribution in [2.45, 2.75) is 33.2 Å². The number of pyridine rings is 1. The molecule has 0 unspecified atom stereocenters. The molecule has 6 heteroatoms. The van der Waals surface area contributed by atoms with Gasteiger partial charge in [-0.2, -0.15) is 0 Å². The number of carbonyl (C=O) groups excluding carboxylic acids is 2. The van der Waals surface area contributed by atoms with Crippen LogP contribution >= 0.6 is 0 Å². The Bertz CT molecular complexity index is 1110. The molecular formula is C25H27N3O3. The van der Waals surface area contributed by atoms with Crippen LogP contribution in [-0.2, 0) is 17.7 Å². The van der Waals surface area contributed by atoms with Gasteiger partial charge < -0.3 is 10.1 Å². The maximum Gasteiger partial charge on any atom is 0.338 e. The number of hydrogen-bond acceptors (Lipinski definition) is 5. The lowest BCUT2D eigenvalue weighted by Crippen LogP contribution is -2.33. The molecule has 0 atom stereocenters. The molecule has 160 valence electrons. The van der Waals surface area contributed by atoms with E-state index in [1.165, 1.54) is 0 Å². The van der Waals surface area contributed by atoms with Crippen molar-refractivity contribution in [3.63, 3.8) is 0 Å². The van der Waals surface area contributed by atoms with Crippen LogP contribution in [0.1, 0.15) is 52.2 Å². The lowest BCUT2D eigenvalue weighted by Gasteiger charge is -2.29. The van der Waals surface area contributed by atoms with Gasteiger partial charge in [-0.05, 0) is 43.3 Å². The largest absolute Gasteiger partial charge is 0.462 e. The Morgan fingerprint density at radius 2 is 1.87 bits per heavy atom. The molecule has 0 radical (unpaired) electrons. The van der Waals surface area contributed by atoms with Crippen LogP contribution in [0.5, 0.6) is 0 Å². The van der Waals surface area contributed by atoms with E-state index in [1.807, 2.05) is 31.2 Å². The number of rotatable bonds is 6. The van der Waals surface area contributed by atoms with E-state index in [1.54, 1.807) is 24.3 Å². The lowest BCUT2D eigenvalue weighted by molar-refractivity contribution is 0.0505. The smallest absolute Gasteiger partial charge is 0.338 e. The standard InChI is InChI=1S/C25H27N3O3/c1-3-15-31-25(30)17-9-11-18(12-10-17)26-24(29)23-19-7-5-6-8-21(19)27-22-13-14-28(4-2)16-20(22)23/h5-12H,3-4,13-16H2,1-2H3,(H,26,29). The highest BCUT2D eigenvalue weighted by Crippen LogP contribution is 2.29. The molecule has 0 saturated heterocycles. The van der Waals surface area contributed by atoms with Crippen molar-refractivity contribution in [1.29, 1.82) is 0 Å². The molecule has 6 nitrogen and oxygen atoms in total. The number of aromatic nitrogens is 1. The molecular weight excluding hydrogens is 390 g/mol. The molecule has 1 N–H and O–H groups in total. The number of nitrogens with one attached hydrogen (secondary N) is 1. The fourth-order valence-corrected chi connectivity index (χ4v) is 3.94. The number of hydrogen-bond donors (Lipinski definition) is 1. The predicted octanol–water partition coefficient (Wildman–Crippen LogP) is 4.43. The van der Waals surface area contributed by atoms with Crippen LogP contribution < -0.4 is 5.32 Å². The van der Waals surface area contributed by atoms with Gasteiger partial charge in [-0.25, -0.2) is 4.79 Å². The maximum atomic E-state index is 13.4. The van der Waals surface area contributed by atoms with Crippen LogP contribution in [-0.4, -0.2) is 41.5 Å². The molecule has 31 heavy (non-hydrogen) atoms. The normalized spacial score (nSPS) is 13.6. The minimum absolute atomic E-state index is 0.158. The van der Waals surface area contributed by atoms with E-state index < -0.39 is 0 Å². The maximum absolute atomic E-state index is 13.4. The fraction of sp³-hybridized carbons (Fsp3) is 0.320. The van der Waals surface area contributed by atoms with Crippen molar-refractivity contribution < 1.29 is 14.3 Å². The molecule has 2 aromatic carbocycles. The fourth-order valence-electron chi connectivity index (χ4n) is 3.94. The Hall–Kier alpha value is -3.25. The minimum Gasteiger partial charge on any atom is -0.462 e. The van der Waals surface area contributed by atoms with Crippen LogP contribution in [0.2, 0.25) is 0 Å². The monoisotopic (exact) mass is 417 g/mol. The van der Waals surface area contributed by atoms with E-state index in [4.69, 9.17) is 9.72 Å². The number of benzene rings is 2. The summed E-state index contributed by atoms with van der Waals surface area (Å²) in [6, 6.07) is 14.6. The molecule has 0 aliphatic carbocycles. The Labute approximate surface area is 182 Å². The SMILES string of the molecule is CCCOC(=O)c1ccc(NC(=O)c2c3c(nc4ccccc24)CCN(CC)C3)cc1. The zero-order valence-corrected chi connectivity index (χ0v) is 18.0. The van der Waals surface area contributed by atoms with Gasteiger partial charge >= 0.3 is 5.97 Å². The first kappa shape index (κ1) is 21.0. The molecule has 0 bridgehead atoms. The summed E-state index contributed by atoms with van der Waals surface area (Å²) in [7, 11) is 0. The third-order valence-corrected chi connectivity index (χ3v) is 5.62. The summed E-state index contributed by atoms with van der Waals surface area (Å²) in [4.78, 5) is 32.6. The molecule has 0 saturated carbocycles. The summed E-state index contributed by atoms with van der Waals surface area (Å²) < 4.78 is 5.16. The van der Waals surface area contributed by atoms with Crippen molar-refractivity contribution in [3.8, 4) is 0 Å². The predicted molar refractivity (Wildman–Crippen MR) is 121 cm³/mol. The second-order valence-electron chi connectivity index (χ2n) is 7.72. The molecule has 1 aliphatic rings. The number of amides is 1. The first-order chi connectivity index (χ1) is 15.1. The van der Waals surface area contributed by atoms with Crippen molar-refractivity contribution in [1.82, 2.24) is 9.88 Å². The summed E-state index contributed by atoms with van der Waals surface area (Å²) in [5, 5.41) is 3.86. The highest BCUT2D eigenvalue weighted by molar-refractivity contribution is 6.13. The van der Waals surface area contributed by atoms with Crippen molar-refractivity contribution in [2.75, 3.05) is 25.0 Å². The molecule has 1 amide bonds. The number of para-hydroxylation sites is 1. The van der Waals surface area contributed by atoms with E-state index in [0.717, 1.165) is 48.1 Å². The topological polar surface area (TPSA) is 71.5 Å². The van der Waals surface area contributed by atoms with Gasteiger partial charge in [-0.1, -0.05) is 32.0 Å². The van der Waals surface area contributed by atoms with Gasteiger partial charge in [-0.15, -0.1) is 0 Å². The summed E-state index contributed by atoms with van der Waals surface area (Å²) in [6.45, 7) is 7.08. The average Bonchev–Trinajstić information content (AvgIpc) is 2.80. The number of esters is 1. The Kier molecular flexibility index (Phi) is 6.28. The Morgan fingerprint density at radius 3 is 2.61 bits per heavy atom. The Balaban J connectivity index is 1.64. The highest BCUT2D eigenvalue weighted by atomic mass is 16.5. The minimum atomic E-state index is -0.353. The second-order valence-corrected chi connectivity index (χ2v) is 7.72. The van der Waals surface area contributed by atoms with Crippen LogP contribution in [0, 0.1) is 0 Å². The third-order valence-electron chi connectivity index (χ3n) is 5.62. The number of anilines is 1. The van der Waals surface area contributed by atoms with E-state index in [-0.39, 0.29) is 11.9 Å². The van der Waals surface area contributed by atoms with Crippen LogP contribution in [0.15, 0.2) is 48.5 Å². The number of nitrogens with zero attached hydrogens (tertiary/aromatic N) is 2. The zero-order chi connectivity index (χ0) is 21.8. The van der Waals surface area contributed by atoms with E-state index in [0.29, 0.717) is 30.0 Å². The van der Waals surface area contributed by atoms with Gasteiger partial charge in [0, 0.05) is 41.8 Å². The molecule has 1 aliphatic heterocycles. The number of ether oxygens (including phenoxy) is 1. The number of fused-ring (bicyclic) bond motifs is 2. The number of carbonyl (C=O) groups is 2. The lowest BCUT2D eigenvalue weighted by atomic mass is 9.95. The molecule has 0 fully saturated rings. The van der Waals surface area contributed by atoms with Crippen molar-refractivity contribution in [2.24, 2.45) is 0 Å². The van der Waals surface area contributed by atoms with Gasteiger partial charge in [-0.3, -0.25) is 14.7 Å². The first-order valence-electron chi connectivity index (χ1n) is 10.8. The zero-order valence-electron chi connectivity index (χ0n) is 18.0. The highest BCUT2D eigenvalue weighted by Gasteiger charge is 2.25. The summed E-state index contributed by atoms with van der Waals surface area (Å²) >= 11 is 0. The van der Waals surface area contributed by atoms with Crippen LogP contribution in [0.3, 0.4) is 0 Å². The quantitative estimate of drug-likeness (QED) is 0.601. The van der Waals surface area contributed by atoms with Crippen LogP contribution in [0.4, 0.5) is 5.69 Å². The van der Waals surface area contributed by atoms with Crippen molar-refractivity contribution >= 4 is 28.5 Å². The van der Waals surface area contributed by atoms with E-state index in [9.17, 15) is 9.59 Å². The van der Waals surface area contributed by atoms with Gasteiger partial charge in [0.1, 0.15) is 0 Å². The number of likely N-dealkylation sites (N-methyl/N-ethyl adjacent to an activating group) is 1. The van der Waals surface area contributed by atoms with E-state index in [2.05, 4.69) is 17.1 Å². The average molecular weight is 418 g/mol. The summed E-state index contributed by atoms with van der Waals surface area (Å²) in [6.07, 6.45) is 1.61. The van der Waals surface area contributed by atoms with Crippen LogP contribution in [0.25, 0.3) is 10.9 Å². The van der Waals surface area contributed by atoms with Gasteiger partial charge in [0.05, 0.1) is 23.3 Å². The van der Waals surface area contributed by atoms with E-state index >= 15 is 0 Å². The van der Waals surface area contributed by atoms with Gasteiger partial charge in [0.25, 0.3) is 5.91 Å². The molecule has 1 aromatic heterocycles. The second kappa shape index (κ2) is 9.27. The van der Waals surface area contributed by atoms with Crippen molar-refractivity contribution in [3.05, 3.63) is 70.9 Å². The van der Waals surface area contributed by atoms with Gasteiger partial charge in [0.15, 0.2) is 0 Å². The molecule has 0 spiro atoms. The molecule has 2 heterocycles. The molecule has 4 rings (SSSR count).